The highest BCUT2D eigenvalue weighted by Gasteiger charge is 2.17. The fourth-order valence-corrected chi connectivity index (χ4v) is 2.17. The summed E-state index contributed by atoms with van der Waals surface area (Å²) in [5.74, 6) is 0.649. The number of amides is 1. The maximum absolute atomic E-state index is 11.8. The number of benzene rings is 1. The van der Waals surface area contributed by atoms with E-state index in [2.05, 4.69) is 15.7 Å². The maximum Gasteiger partial charge on any atom is 0.224 e. The second kappa shape index (κ2) is 7.24. The number of rotatable bonds is 5. The number of aromatic nitrogens is 2. The summed E-state index contributed by atoms with van der Waals surface area (Å²) in [6.07, 6.45) is 4.03. The third-order valence-corrected chi connectivity index (χ3v) is 3.48. The van der Waals surface area contributed by atoms with E-state index in [0.717, 1.165) is 30.9 Å². The van der Waals surface area contributed by atoms with Crippen molar-refractivity contribution < 1.29 is 4.79 Å². The quantitative estimate of drug-likeness (QED) is 0.872. The Morgan fingerprint density at radius 2 is 2.10 bits per heavy atom. The summed E-state index contributed by atoms with van der Waals surface area (Å²) in [6.45, 7) is 2.77. The average molecular weight is 307 g/mol. The molecule has 2 aromatic rings. The minimum atomic E-state index is 0. The SMILES string of the molecule is Cl.O=C(Cc1cnn(-c2ccccc2)c1)NCC1CNC1. The van der Waals surface area contributed by atoms with Gasteiger partial charge in [0, 0.05) is 31.7 Å². The molecule has 0 saturated carbocycles. The Morgan fingerprint density at radius 3 is 2.76 bits per heavy atom. The summed E-state index contributed by atoms with van der Waals surface area (Å²) in [6, 6.07) is 9.88. The third-order valence-electron chi connectivity index (χ3n) is 3.48. The van der Waals surface area contributed by atoms with Crippen molar-refractivity contribution in [1.82, 2.24) is 20.4 Å². The van der Waals surface area contributed by atoms with E-state index in [4.69, 9.17) is 0 Å². The van der Waals surface area contributed by atoms with Crippen LogP contribution in [0.15, 0.2) is 42.7 Å². The van der Waals surface area contributed by atoms with Crippen LogP contribution < -0.4 is 10.6 Å². The highest BCUT2D eigenvalue weighted by Crippen LogP contribution is 2.08. The van der Waals surface area contributed by atoms with E-state index in [1.54, 1.807) is 10.9 Å². The smallest absolute Gasteiger partial charge is 0.224 e. The summed E-state index contributed by atoms with van der Waals surface area (Å²) in [7, 11) is 0. The van der Waals surface area contributed by atoms with Crippen LogP contribution in [-0.4, -0.2) is 35.3 Å². The number of hydrogen-bond donors (Lipinski definition) is 2. The molecular weight excluding hydrogens is 288 g/mol. The lowest BCUT2D eigenvalue weighted by Gasteiger charge is -2.27. The minimum Gasteiger partial charge on any atom is -0.355 e. The summed E-state index contributed by atoms with van der Waals surface area (Å²) in [4.78, 5) is 11.8. The van der Waals surface area contributed by atoms with Crippen molar-refractivity contribution >= 4 is 18.3 Å². The summed E-state index contributed by atoms with van der Waals surface area (Å²) in [5, 5.41) is 10.4. The molecule has 0 bridgehead atoms. The van der Waals surface area contributed by atoms with Gasteiger partial charge in [0.05, 0.1) is 18.3 Å². The number of carbonyl (C=O) groups excluding carboxylic acids is 1. The number of hydrogen-bond acceptors (Lipinski definition) is 3. The Morgan fingerprint density at radius 1 is 1.33 bits per heavy atom. The van der Waals surface area contributed by atoms with Gasteiger partial charge in [-0.05, 0) is 17.7 Å². The first-order valence-corrected chi connectivity index (χ1v) is 6.87. The van der Waals surface area contributed by atoms with Crippen LogP contribution >= 0.6 is 12.4 Å². The van der Waals surface area contributed by atoms with Crippen LogP contribution in [-0.2, 0) is 11.2 Å². The van der Waals surface area contributed by atoms with Crippen molar-refractivity contribution in [3.8, 4) is 5.69 Å². The second-order valence-corrected chi connectivity index (χ2v) is 5.13. The Kier molecular flexibility index (Phi) is 5.36. The minimum absolute atomic E-state index is 0. The third kappa shape index (κ3) is 4.06. The normalized spacial score (nSPS) is 14.1. The molecule has 6 heteroatoms. The van der Waals surface area contributed by atoms with Crippen molar-refractivity contribution in [3.05, 3.63) is 48.3 Å². The first-order chi connectivity index (χ1) is 9.81. The number of halogens is 1. The lowest BCUT2D eigenvalue weighted by Crippen LogP contribution is -2.48. The molecule has 0 unspecified atom stereocenters. The Bertz CT molecular complexity index is 580. The van der Waals surface area contributed by atoms with Gasteiger partial charge in [-0.25, -0.2) is 4.68 Å². The largest absolute Gasteiger partial charge is 0.355 e. The van der Waals surface area contributed by atoms with Gasteiger partial charge < -0.3 is 10.6 Å². The molecule has 2 heterocycles. The van der Waals surface area contributed by atoms with Crippen molar-refractivity contribution in [2.45, 2.75) is 6.42 Å². The van der Waals surface area contributed by atoms with Gasteiger partial charge in [0.1, 0.15) is 0 Å². The molecule has 1 amide bonds. The van der Waals surface area contributed by atoms with Crippen LogP contribution in [0.2, 0.25) is 0 Å². The highest BCUT2D eigenvalue weighted by molar-refractivity contribution is 5.85. The van der Waals surface area contributed by atoms with Gasteiger partial charge >= 0.3 is 0 Å². The second-order valence-electron chi connectivity index (χ2n) is 5.13. The molecule has 0 radical (unpaired) electrons. The molecule has 2 N–H and O–H groups in total. The Labute approximate surface area is 130 Å². The van der Waals surface area contributed by atoms with Crippen molar-refractivity contribution in [1.29, 1.82) is 0 Å². The van der Waals surface area contributed by atoms with E-state index in [0.29, 0.717) is 12.3 Å². The fraction of sp³-hybridized carbons (Fsp3) is 0.333. The molecule has 0 aliphatic carbocycles. The zero-order chi connectivity index (χ0) is 13.8. The van der Waals surface area contributed by atoms with Crippen LogP contribution in [0, 0.1) is 5.92 Å². The summed E-state index contributed by atoms with van der Waals surface area (Å²) < 4.78 is 1.79. The molecule has 1 aliphatic rings. The van der Waals surface area contributed by atoms with Gasteiger partial charge in [0.15, 0.2) is 0 Å². The molecule has 0 atom stereocenters. The van der Waals surface area contributed by atoms with Crippen molar-refractivity contribution in [3.63, 3.8) is 0 Å². The Hall–Kier alpha value is -1.85. The number of carbonyl (C=O) groups is 1. The lowest BCUT2D eigenvalue weighted by molar-refractivity contribution is -0.120. The highest BCUT2D eigenvalue weighted by atomic mass is 35.5. The van der Waals surface area contributed by atoms with Gasteiger partial charge in [-0.15, -0.1) is 12.4 Å². The molecule has 21 heavy (non-hydrogen) atoms. The molecular formula is C15H19ClN4O. The maximum atomic E-state index is 11.8. The van der Waals surface area contributed by atoms with Crippen LogP contribution in [0.25, 0.3) is 5.69 Å². The molecule has 5 nitrogen and oxygen atoms in total. The van der Waals surface area contributed by atoms with Crippen LogP contribution in [0.4, 0.5) is 0 Å². The van der Waals surface area contributed by atoms with Gasteiger partial charge in [0.2, 0.25) is 5.91 Å². The zero-order valence-electron chi connectivity index (χ0n) is 11.7. The van der Waals surface area contributed by atoms with E-state index >= 15 is 0 Å². The summed E-state index contributed by atoms with van der Waals surface area (Å²) >= 11 is 0. The molecule has 1 aromatic carbocycles. The first kappa shape index (κ1) is 15.5. The Balaban J connectivity index is 0.00000161. The molecule has 112 valence electrons. The van der Waals surface area contributed by atoms with Gasteiger partial charge in [-0.1, -0.05) is 18.2 Å². The van der Waals surface area contributed by atoms with E-state index in [-0.39, 0.29) is 18.3 Å². The van der Waals surface area contributed by atoms with Crippen molar-refractivity contribution in [2.24, 2.45) is 5.92 Å². The zero-order valence-corrected chi connectivity index (χ0v) is 12.5. The van der Waals surface area contributed by atoms with E-state index in [9.17, 15) is 4.79 Å². The lowest BCUT2D eigenvalue weighted by atomic mass is 10.0. The number of para-hydroxylation sites is 1. The number of nitrogens with zero attached hydrogens (tertiary/aromatic N) is 2. The molecule has 1 saturated heterocycles. The molecule has 1 fully saturated rings. The van der Waals surface area contributed by atoms with Crippen LogP contribution in [0.3, 0.4) is 0 Å². The van der Waals surface area contributed by atoms with Crippen LogP contribution in [0.5, 0.6) is 0 Å². The topological polar surface area (TPSA) is 59.0 Å². The van der Waals surface area contributed by atoms with E-state index in [1.807, 2.05) is 36.5 Å². The predicted octanol–water partition coefficient (Wildman–Crippen LogP) is 1.17. The van der Waals surface area contributed by atoms with Gasteiger partial charge in [0.25, 0.3) is 0 Å². The number of nitrogens with one attached hydrogen (secondary N) is 2. The standard InChI is InChI=1S/C15H18N4O.ClH/c20-15(17-9-13-7-16-8-13)6-12-10-18-19(11-12)14-4-2-1-3-5-14;/h1-5,10-11,13,16H,6-9H2,(H,17,20);1H. The van der Waals surface area contributed by atoms with E-state index in [1.165, 1.54) is 0 Å². The molecule has 1 aromatic heterocycles. The van der Waals surface area contributed by atoms with E-state index < -0.39 is 0 Å². The predicted molar refractivity (Wildman–Crippen MR) is 83.9 cm³/mol. The van der Waals surface area contributed by atoms with Crippen LogP contribution in [0.1, 0.15) is 5.56 Å². The molecule has 0 spiro atoms. The fourth-order valence-electron chi connectivity index (χ4n) is 2.17. The van der Waals surface area contributed by atoms with Gasteiger partial charge in [-0.3, -0.25) is 4.79 Å². The summed E-state index contributed by atoms with van der Waals surface area (Å²) in [5.41, 5.74) is 1.93. The van der Waals surface area contributed by atoms with Crippen molar-refractivity contribution in [2.75, 3.05) is 19.6 Å². The molecule has 1 aliphatic heterocycles. The average Bonchev–Trinajstić information content (AvgIpc) is 2.86. The van der Waals surface area contributed by atoms with Gasteiger partial charge in [-0.2, -0.15) is 5.10 Å². The first-order valence-electron chi connectivity index (χ1n) is 6.87. The molecule has 3 rings (SSSR count). The monoisotopic (exact) mass is 306 g/mol.